The van der Waals surface area contributed by atoms with Gasteiger partial charge in [-0.3, -0.25) is 0 Å². The van der Waals surface area contributed by atoms with Crippen LogP contribution >= 0.6 is 0 Å². The van der Waals surface area contributed by atoms with Gasteiger partial charge in [-0.25, -0.2) is 0 Å². The van der Waals surface area contributed by atoms with Crippen LogP contribution < -0.4 is 10.2 Å². The number of likely N-dealkylation sites (N-methyl/N-ethyl adjacent to an activating group) is 2. The Kier molecular flexibility index (Phi) is 4.12. The Labute approximate surface area is 91.7 Å². The van der Waals surface area contributed by atoms with Crippen LogP contribution in [0, 0.1) is 0 Å². The number of para-hydroxylation sites is 1. The molecule has 0 saturated carbocycles. The minimum absolute atomic E-state index is 0.126. The molecule has 0 aliphatic carbocycles. The minimum atomic E-state index is -0.259. The number of aliphatic hydroxyl groups is 1. The van der Waals surface area contributed by atoms with E-state index in [1.54, 1.807) is 0 Å². The van der Waals surface area contributed by atoms with E-state index in [1.165, 1.54) is 0 Å². The van der Waals surface area contributed by atoms with Crippen LogP contribution in [0.4, 0.5) is 5.69 Å². The first-order valence-electron chi connectivity index (χ1n) is 5.17. The topological polar surface area (TPSA) is 35.5 Å². The van der Waals surface area contributed by atoms with Crippen LogP contribution in [0.3, 0.4) is 0 Å². The van der Waals surface area contributed by atoms with E-state index in [9.17, 15) is 5.11 Å². The number of nitrogens with zero attached hydrogens (tertiary/aromatic N) is 1. The first-order chi connectivity index (χ1) is 7.11. The first kappa shape index (κ1) is 12.0. The molecule has 1 atom stereocenters. The highest BCUT2D eigenvalue weighted by Crippen LogP contribution is 2.14. The molecule has 1 rings (SSSR count). The molecule has 3 nitrogen and oxygen atoms in total. The molecular formula is C12H20N2O. The molecule has 84 valence electrons. The van der Waals surface area contributed by atoms with E-state index < -0.39 is 0 Å². The Morgan fingerprint density at radius 2 is 1.93 bits per heavy atom. The maximum Gasteiger partial charge on any atom is 0.0627 e. The van der Waals surface area contributed by atoms with Crippen molar-refractivity contribution in [1.29, 1.82) is 0 Å². The largest absolute Gasteiger partial charge is 0.394 e. The fourth-order valence-electron chi connectivity index (χ4n) is 1.51. The SMILES string of the molecule is CNC(C)(CO)CN(C)c1ccccc1. The number of aliphatic hydroxyl groups excluding tert-OH is 1. The van der Waals surface area contributed by atoms with E-state index in [2.05, 4.69) is 22.3 Å². The molecule has 3 heteroatoms. The van der Waals surface area contributed by atoms with Crippen LogP contribution in [0.15, 0.2) is 30.3 Å². The molecule has 0 radical (unpaired) electrons. The van der Waals surface area contributed by atoms with Gasteiger partial charge in [0.2, 0.25) is 0 Å². The van der Waals surface area contributed by atoms with E-state index in [-0.39, 0.29) is 12.1 Å². The molecule has 0 saturated heterocycles. The monoisotopic (exact) mass is 208 g/mol. The maximum atomic E-state index is 9.29. The van der Waals surface area contributed by atoms with Gasteiger partial charge in [-0.05, 0) is 26.1 Å². The van der Waals surface area contributed by atoms with Crippen LogP contribution in [0.1, 0.15) is 6.92 Å². The fraction of sp³-hybridized carbons (Fsp3) is 0.500. The van der Waals surface area contributed by atoms with Crippen molar-refractivity contribution in [2.24, 2.45) is 0 Å². The molecule has 0 aliphatic rings. The summed E-state index contributed by atoms with van der Waals surface area (Å²) in [6, 6.07) is 10.2. The van der Waals surface area contributed by atoms with Crippen molar-refractivity contribution >= 4 is 5.69 Å². The highest BCUT2D eigenvalue weighted by Gasteiger charge is 2.22. The Bertz CT molecular complexity index is 283. The summed E-state index contributed by atoms with van der Waals surface area (Å²) in [5.41, 5.74) is 0.900. The average molecular weight is 208 g/mol. The zero-order valence-electron chi connectivity index (χ0n) is 9.70. The van der Waals surface area contributed by atoms with Gasteiger partial charge in [0.25, 0.3) is 0 Å². The van der Waals surface area contributed by atoms with Crippen molar-refractivity contribution in [2.75, 3.05) is 32.1 Å². The predicted octanol–water partition coefficient (Wildman–Crippen LogP) is 1.09. The van der Waals surface area contributed by atoms with Gasteiger partial charge < -0.3 is 15.3 Å². The van der Waals surface area contributed by atoms with Crippen molar-refractivity contribution in [2.45, 2.75) is 12.5 Å². The zero-order valence-corrected chi connectivity index (χ0v) is 9.70. The van der Waals surface area contributed by atoms with Gasteiger partial charge in [0, 0.05) is 19.3 Å². The summed E-state index contributed by atoms with van der Waals surface area (Å²) in [6.45, 7) is 2.90. The van der Waals surface area contributed by atoms with Gasteiger partial charge in [0.05, 0.1) is 12.1 Å². The van der Waals surface area contributed by atoms with Gasteiger partial charge >= 0.3 is 0 Å². The van der Waals surface area contributed by atoms with Crippen molar-refractivity contribution in [3.63, 3.8) is 0 Å². The van der Waals surface area contributed by atoms with E-state index in [0.29, 0.717) is 0 Å². The van der Waals surface area contributed by atoms with Gasteiger partial charge in [0.1, 0.15) is 0 Å². The summed E-state index contributed by atoms with van der Waals surface area (Å²) >= 11 is 0. The highest BCUT2D eigenvalue weighted by atomic mass is 16.3. The molecule has 0 bridgehead atoms. The standard InChI is InChI=1S/C12H20N2O/c1-12(10-15,13-2)9-14(3)11-7-5-4-6-8-11/h4-8,13,15H,9-10H2,1-3H3. The second-order valence-corrected chi connectivity index (χ2v) is 4.16. The van der Waals surface area contributed by atoms with Crippen LogP contribution in [-0.2, 0) is 0 Å². The molecule has 0 fully saturated rings. The molecule has 1 unspecified atom stereocenters. The van der Waals surface area contributed by atoms with Gasteiger partial charge in [-0.15, -0.1) is 0 Å². The average Bonchev–Trinajstić information content (AvgIpc) is 2.30. The molecule has 0 heterocycles. The van der Waals surface area contributed by atoms with Crippen molar-refractivity contribution < 1.29 is 5.11 Å². The quantitative estimate of drug-likeness (QED) is 0.760. The van der Waals surface area contributed by atoms with E-state index in [0.717, 1.165) is 12.2 Å². The van der Waals surface area contributed by atoms with Crippen LogP contribution in [0.2, 0.25) is 0 Å². The summed E-state index contributed by atoms with van der Waals surface area (Å²) < 4.78 is 0. The minimum Gasteiger partial charge on any atom is -0.394 e. The number of rotatable bonds is 5. The second kappa shape index (κ2) is 5.14. The van der Waals surface area contributed by atoms with Crippen molar-refractivity contribution in [3.05, 3.63) is 30.3 Å². The highest BCUT2D eigenvalue weighted by molar-refractivity contribution is 5.45. The number of nitrogens with one attached hydrogen (secondary N) is 1. The van der Waals surface area contributed by atoms with Crippen molar-refractivity contribution in [1.82, 2.24) is 5.32 Å². The summed E-state index contributed by atoms with van der Waals surface area (Å²) in [4.78, 5) is 2.13. The van der Waals surface area contributed by atoms with Crippen LogP contribution in [0.5, 0.6) is 0 Å². The number of anilines is 1. The number of benzene rings is 1. The molecular weight excluding hydrogens is 188 g/mol. The van der Waals surface area contributed by atoms with E-state index in [1.807, 2.05) is 39.2 Å². The van der Waals surface area contributed by atoms with Crippen molar-refractivity contribution in [3.8, 4) is 0 Å². The molecule has 15 heavy (non-hydrogen) atoms. The van der Waals surface area contributed by atoms with E-state index in [4.69, 9.17) is 0 Å². The maximum absolute atomic E-state index is 9.29. The molecule has 0 amide bonds. The smallest absolute Gasteiger partial charge is 0.0627 e. The summed E-state index contributed by atoms with van der Waals surface area (Å²) in [6.07, 6.45) is 0. The Balaban J connectivity index is 2.67. The van der Waals surface area contributed by atoms with Gasteiger partial charge in [0.15, 0.2) is 0 Å². The summed E-state index contributed by atoms with van der Waals surface area (Å²) in [5, 5.41) is 12.4. The number of hydrogen-bond acceptors (Lipinski definition) is 3. The first-order valence-corrected chi connectivity index (χ1v) is 5.17. The lowest BCUT2D eigenvalue weighted by Crippen LogP contribution is -2.51. The van der Waals surface area contributed by atoms with Gasteiger partial charge in [-0.2, -0.15) is 0 Å². The third-order valence-electron chi connectivity index (χ3n) is 2.74. The predicted molar refractivity (Wildman–Crippen MR) is 64.3 cm³/mol. The summed E-state index contributed by atoms with van der Waals surface area (Å²) in [5.74, 6) is 0. The lowest BCUT2D eigenvalue weighted by Gasteiger charge is -2.33. The second-order valence-electron chi connectivity index (χ2n) is 4.16. The zero-order chi connectivity index (χ0) is 11.3. The van der Waals surface area contributed by atoms with Crippen LogP contribution in [-0.4, -0.2) is 37.9 Å². The third kappa shape index (κ3) is 3.22. The molecule has 0 aromatic heterocycles. The third-order valence-corrected chi connectivity index (χ3v) is 2.74. The molecule has 0 spiro atoms. The Morgan fingerprint density at radius 1 is 1.33 bits per heavy atom. The van der Waals surface area contributed by atoms with Crippen LogP contribution in [0.25, 0.3) is 0 Å². The molecule has 1 aromatic rings. The number of hydrogen-bond donors (Lipinski definition) is 2. The lowest BCUT2D eigenvalue weighted by atomic mass is 10.0. The fourth-order valence-corrected chi connectivity index (χ4v) is 1.51. The Hall–Kier alpha value is -1.06. The molecule has 0 aliphatic heterocycles. The van der Waals surface area contributed by atoms with Gasteiger partial charge in [-0.1, -0.05) is 18.2 Å². The molecule has 2 N–H and O–H groups in total. The molecule has 1 aromatic carbocycles. The lowest BCUT2D eigenvalue weighted by molar-refractivity contribution is 0.187. The summed E-state index contributed by atoms with van der Waals surface area (Å²) in [7, 11) is 3.90. The van der Waals surface area contributed by atoms with E-state index >= 15 is 0 Å². The Morgan fingerprint density at radius 3 is 2.40 bits per heavy atom. The normalized spacial score (nSPS) is 14.7.